The maximum absolute atomic E-state index is 13.0. The Morgan fingerprint density at radius 3 is 2.30 bits per heavy atom. The lowest BCUT2D eigenvalue weighted by atomic mass is 10.1. The number of carbonyl (C=O) groups excluding carboxylic acids is 1. The van der Waals surface area contributed by atoms with Gasteiger partial charge >= 0.3 is 0 Å². The molecule has 1 amide bonds. The molecular formula is C21H18ClFN2O4S. The van der Waals surface area contributed by atoms with Crippen LogP contribution in [0, 0.1) is 12.7 Å². The minimum absolute atomic E-state index is 0.102. The van der Waals surface area contributed by atoms with Gasteiger partial charge in [0.2, 0.25) is 0 Å². The monoisotopic (exact) mass is 448 g/mol. The van der Waals surface area contributed by atoms with Gasteiger partial charge in [-0.2, -0.15) is 0 Å². The van der Waals surface area contributed by atoms with Gasteiger partial charge < -0.3 is 10.1 Å². The minimum Gasteiger partial charge on any atom is -0.495 e. The molecule has 156 valence electrons. The summed E-state index contributed by atoms with van der Waals surface area (Å²) >= 11 is 6.07. The maximum atomic E-state index is 13.0. The van der Waals surface area contributed by atoms with Crippen molar-refractivity contribution in [3.8, 4) is 5.75 Å². The second-order valence-electron chi connectivity index (χ2n) is 6.39. The van der Waals surface area contributed by atoms with Crippen molar-refractivity contribution in [3.05, 3.63) is 82.6 Å². The SMILES string of the molecule is COc1ccc(NC(=O)c2cc(S(=O)(=O)Nc3ccc(F)cc3)ccc2C)cc1Cl. The summed E-state index contributed by atoms with van der Waals surface area (Å²) in [5.74, 6) is -0.510. The molecule has 0 aromatic heterocycles. The second-order valence-corrected chi connectivity index (χ2v) is 8.48. The zero-order valence-corrected chi connectivity index (χ0v) is 17.6. The molecule has 0 aliphatic heterocycles. The van der Waals surface area contributed by atoms with Crippen molar-refractivity contribution in [1.29, 1.82) is 0 Å². The predicted molar refractivity (Wildman–Crippen MR) is 114 cm³/mol. The molecule has 0 radical (unpaired) electrons. The lowest BCUT2D eigenvalue weighted by Crippen LogP contribution is -2.17. The molecule has 3 aromatic carbocycles. The molecule has 3 aromatic rings. The Bertz CT molecular complexity index is 1200. The Kier molecular flexibility index (Phi) is 6.28. The van der Waals surface area contributed by atoms with E-state index in [2.05, 4.69) is 10.0 Å². The molecule has 0 aliphatic rings. The van der Waals surface area contributed by atoms with E-state index in [4.69, 9.17) is 16.3 Å². The quantitative estimate of drug-likeness (QED) is 0.564. The molecule has 9 heteroatoms. The number of anilines is 2. The first-order chi connectivity index (χ1) is 14.2. The van der Waals surface area contributed by atoms with Crippen LogP contribution in [0.25, 0.3) is 0 Å². The van der Waals surface area contributed by atoms with E-state index >= 15 is 0 Å². The minimum atomic E-state index is -3.98. The number of nitrogens with one attached hydrogen (secondary N) is 2. The van der Waals surface area contributed by atoms with Crippen LogP contribution in [0.1, 0.15) is 15.9 Å². The predicted octanol–water partition coefficient (Wildman–Crippen LogP) is 4.85. The van der Waals surface area contributed by atoms with Crippen molar-refractivity contribution >= 4 is 38.9 Å². The molecule has 0 unspecified atom stereocenters. The number of amides is 1. The highest BCUT2D eigenvalue weighted by molar-refractivity contribution is 7.92. The van der Waals surface area contributed by atoms with Crippen LogP contribution in [0.2, 0.25) is 5.02 Å². The van der Waals surface area contributed by atoms with E-state index < -0.39 is 21.7 Å². The molecule has 0 spiro atoms. The van der Waals surface area contributed by atoms with Crippen LogP contribution >= 0.6 is 11.6 Å². The van der Waals surface area contributed by atoms with Gasteiger partial charge in [-0.25, -0.2) is 12.8 Å². The average molecular weight is 449 g/mol. The van der Waals surface area contributed by atoms with E-state index in [1.54, 1.807) is 19.1 Å². The molecule has 30 heavy (non-hydrogen) atoms. The van der Waals surface area contributed by atoms with E-state index in [-0.39, 0.29) is 16.1 Å². The van der Waals surface area contributed by atoms with Crippen LogP contribution in [0.5, 0.6) is 5.75 Å². The molecule has 0 fully saturated rings. The number of methoxy groups -OCH3 is 1. The van der Waals surface area contributed by atoms with Crippen LogP contribution in [0.4, 0.5) is 15.8 Å². The number of sulfonamides is 1. The van der Waals surface area contributed by atoms with E-state index in [0.717, 1.165) is 12.1 Å². The maximum Gasteiger partial charge on any atom is 0.261 e. The van der Waals surface area contributed by atoms with Gasteiger partial charge in [-0.3, -0.25) is 9.52 Å². The summed E-state index contributed by atoms with van der Waals surface area (Å²) in [6, 6.07) is 13.9. The van der Waals surface area contributed by atoms with Gasteiger partial charge in [0, 0.05) is 16.9 Å². The summed E-state index contributed by atoms with van der Waals surface area (Å²) < 4.78 is 45.8. The summed E-state index contributed by atoms with van der Waals surface area (Å²) in [4.78, 5) is 12.6. The van der Waals surface area contributed by atoms with Crippen LogP contribution in [-0.4, -0.2) is 21.4 Å². The van der Waals surface area contributed by atoms with E-state index in [9.17, 15) is 17.6 Å². The Balaban J connectivity index is 1.86. The molecule has 0 aliphatic carbocycles. The zero-order chi connectivity index (χ0) is 21.9. The van der Waals surface area contributed by atoms with Crippen molar-refractivity contribution < 1.29 is 22.3 Å². The van der Waals surface area contributed by atoms with E-state index in [0.29, 0.717) is 22.0 Å². The molecule has 0 saturated carbocycles. The van der Waals surface area contributed by atoms with Gasteiger partial charge in [-0.15, -0.1) is 0 Å². The highest BCUT2D eigenvalue weighted by Gasteiger charge is 2.19. The first-order valence-electron chi connectivity index (χ1n) is 8.73. The van der Waals surface area contributed by atoms with Crippen LogP contribution < -0.4 is 14.8 Å². The van der Waals surface area contributed by atoms with Gasteiger partial charge in [-0.1, -0.05) is 17.7 Å². The van der Waals surface area contributed by atoms with Crippen LogP contribution in [-0.2, 0) is 10.0 Å². The largest absolute Gasteiger partial charge is 0.495 e. The van der Waals surface area contributed by atoms with Crippen LogP contribution in [0.15, 0.2) is 65.6 Å². The third-order valence-corrected chi connectivity index (χ3v) is 5.94. The average Bonchev–Trinajstić information content (AvgIpc) is 2.70. The molecule has 0 heterocycles. The Morgan fingerprint density at radius 2 is 1.67 bits per heavy atom. The van der Waals surface area contributed by atoms with Crippen molar-refractivity contribution in [1.82, 2.24) is 0 Å². The number of hydrogen-bond donors (Lipinski definition) is 2. The summed E-state index contributed by atoms with van der Waals surface area (Å²) in [5, 5.41) is 3.02. The fourth-order valence-corrected chi connectivity index (χ4v) is 4.03. The molecule has 0 bridgehead atoms. The fraction of sp³-hybridized carbons (Fsp3) is 0.0952. The Labute approximate surface area is 178 Å². The normalized spacial score (nSPS) is 11.1. The Hall–Kier alpha value is -3.10. The third-order valence-electron chi connectivity index (χ3n) is 4.27. The summed E-state index contributed by atoms with van der Waals surface area (Å²) in [6.45, 7) is 1.69. The van der Waals surface area contributed by atoms with Gasteiger partial charge in [0.15, 0.2) is 0 Å². The number of carbonyl (C=O) groups is 1. The number of aryl methyl sites for hydroxylation is 1. The van der Waals surface area contributed by atoms with Gasteiger partial charge in [-0.05, 0) is 67.1 Å². The van der Waals surface area contributed by atoms with Crippen LogP contribution in [0.3, 0.4) is 0 Å². The van der Waals surface area contributed by atoms with Crippen molar-refractivity contribution in [2.75, 3.05) is 17.1 Å². The molecule has 0 atom stereocenters. The number of rotatable bonds is 6. The summed E-state index contributed by atoms with van der Waals surface area (Å²) in [6.07, 6.45) is 0. The second kappa shape index (κ2) is 8.73. The molecule has 0 saturated heterocycles. The summed E-state index contributed by atoms with van der Waals surface area (Å²) in [7, 11) is -2.50. The number of hydrogen-bond acceptors (Lipinski definition) is 4. The molecule has 3 rings (SSSR count). The molecule has 2 N–H and O–H groups in total. The number of benzene rings is 3. The van der Waals surface area contributed by atoms with Gasteiger partial charge in [0.25, 0.3) is 15.9 Å². The highest BCUT2D eigenvalue weighted by Crippen LogP contribution is 2.28. The third kappa shape index (κ3) is 4.90. The summed E-state index contributed by atoms with van der Waals surface area (Å²) in [5.41, 5.74) is 1.41. The Morgan fingerprint density at radius 1 is 1.00 bits per heavy atom. The fourth-order valence-electron chi connectivity index (χ4n) is 2.69. The lowest BCUT2D eigenvalue weighted by molar-refractivity contribution is 0.102. The highest BCUT2D eigenvalue weighted by atomic mass is 35.5. The topological polar surface area (TPSA) is 84.5 Å². The standard InChI is InChI=1S/C21H18ClFN2O4S/c1-13-3-9-17(30(27,28)25-15-6-4-14(23)5-7-15)12-18(13)21(26)24-16-8-10-20(29-2)19(22)11-16/h3-12,25H,1-2H3,(H,24,26). The number of halogens is 2. The first-order valence-corrected chi connectivity index (χ1v) is 10.6. The first kappa shape index (κ1) is 21.6. The van der Waals surface area contributed by atoms with E-state index in [1.807, 2.05) is 0 Å². The number of ether oxygens (including phenoxy) is 1. The zero-order valence-electron chi connectivity index (χ0n) is 16.1. The smallest absolute Gasteiger partial charge is 0.261 e. The van der Waals surface area contributed by atoms with Crippen molar-refractivity contribution in [2.45, 2.75) is 11.8 Å². The van der Waals surface area contributed by atoms with Gasteiger partial charge in [0.1, 0.15) is 11.6 Å². The van der Waals surface area contributed by atoms with E-state index in [1.165, 1.54) is 43.5 Å². The van der Waals surface area contributed by atoms with Crippen molar-refractivity contribution in [2.24, 2.45) is 0 Å². The lowest BCUT2D eigenvalue weighted by Gasteiger charge is -2.12. The molecular weight excluding hydrogens is 431 g/mol. The molecule has 6 nitrogen and oxygen atoms in total. The van der Waals surface area contributed by atoms with Crippen molar-refractivity contribution in [3.63, 3.8) is 0 Å². The van der Waals surface area contributed by atoms with Gasteiger partial charge in [0.05, 0.1) is 17.0 Å².